The molecule has 0 aromatic heterocycles. The average molecular weight is 255 g/mol. The molecule has 1 aliphatic rings. The highest BCUT2D eigenvalue weighted by atomic mass is 15.2. The number of likely N-dealkylation sites (tertiary alicyclic amines) is 1. The molecule has 1 unspecified atom stereocenters. The quantitative estimate of drug-likeness (QED) is 0.671. The molecule has 1 heterocycles. The van der Waals surface area contributed by atoms with Crippen molar-refractivity contribution in [3.63, 3.8) is 0 Å². The van der Waals surface area contributed by atoms with Crippen molar-refractivity contribution in [3.8, 4) is 0 Å². The monoisotopic (exact) mass is 255 g/mol. The zero-order valence-corrected chi connectivity index (χ0v) is 12.7. The zero-order valence-electron chi connectivity index (χ0n) is 12.7. The van der Waals surface area contributed by atoms with Crippen LogP contribution in [0.5, 0.6) is 0 Å². The predicted molar refractivity (Wildman–Crippen MR) is 80.2 cm³/mol. The molecule has 1 saturated heterocycles. The van der Waals surface area contributed by atoms with E-state index < -0.39 is 0 Å². The molecule has 1 atom stereocenters. The van der Waals surface area contributed by atoms with Crippen molar-refractivity contribution >= 4 is 0 Å². The highest BCUT2D eigenvalue weighted by molar-refractivity contribution is 4.72. The molecule has 3 heteroatoms. The van der Waals surface area contributed by atoms with E-state index in [1.807, 2.05) is 0 Å². The van der Waals surface area contributed by atoms with E-state index in [2.05, 4.69) is 35.9 Å². The van der Waals surface area contributed by atoms with Crippen LogP contribution >= 0.6 is 0 Å². The van der Waals surface area contributed by atoms with Crippen LogP contribution in [0.4, 0.5) is 0 Å². The number of likely N-dealkylation sites (N-methyl/N-ethyl adjacent to an activating group) is 1. The van der Waals surface area contributed by atoms with Crippen molar-refractivity contribution < 1.29 is 0 Å². The van der Waals surface area contributed by atoms with Gasteiger partial charge in [-0.15, -0.1) is 0 Å². The van der Waals surface area contributed by atoms with Crippen LogP contribution in [0.1, 0.15) is 46.5 Å². The highest BCUT2D eigenvalue weighted by Gasteiger charge is 2.15. The van der Waals surface area contributed by atoms with Gasteiger partial charge in [-0.1, -0.05) is 26.7 Å². The Labute approximate surface area is 114 Å². The van der Waals surface area contributed by atoms with Gasteiger partial charge in [-0.2, -0.15) is 0 Å². The molecule has 1 aliphatic heterocycles. The fourth-order valence-corrected chi connectivity index (χ4v) is 2.79. The van der Waals surface area contributed by atoms with Gasteiger partial charge >= 0.3 is 0 Å². The summed E-state index contributed by atoms with van der Waals surface area (Å²) < 4.78 is 0. The van der Waals surface area contributed by atoms with E-state index in [4.69, 9.17) is 0 Å². The minimum absolute atomic E-state index is 0.789. The van der Waals surface area contributed by atoms with Crippen molar-refractivity contribution in [2.24, 2.45) is 0 Å². The summed E-state index contributed by atoms with van der Waals surface area (Å²) in [6.45, 7) is 15.2. The molecular weight excluding hydrogens is 222 g/mol. The molecule has 0 aliphatic carbocycles. The minimum Gasteiger partial charge on any atom is -0.314 e. The number of rotatable bonds is 8. The van der Waals surface area contributed by atoms with E-state index in [0.29, 0.717) is 0 Å². The molecule has 0 bridgehead atoms. The Balaban J connectivity index is 2.05. The van der Waals surface area contributed by atoms with Gasteiger partial charge in [0.15, 0.2) is 0 Å². The first-order valence-electron chi connectivity index (χ1n) is 7.95. The first-order chi connectivity index (χ1) is 8.77. The van der Waals surface area contributed by atoms with Gasteiger partial charge in [0, 0.05) is 32.2 Å². The Morgan fingerprint density at radius 1 is 1.11 bits per heavy atom. The molecule has 0 amide bonds. The molecule has 0 aromatic carbocycles. The van der Waals surface area contributed by atoms with Gasteiger partial charge in [0.1, 0.15) is 0 Å². The van der Waals surface area contributed by atoms with Gasteiger partial charge < -0.3 is 10.2 Å². The molecule has 1 fully saturated rings. The standard InChI is InChI=1S/C15H33N3/c1-4-17(5-2)13-10-16-11-14-18-12-8-6-7-9-15(18)3/h15-16H,4-14H2,1-3H3. The summed E-state index contributed by atoms with van der Waals surface area (Å²) in [6.07, 6.45) is 5.63. The van der Waals surface area contributed by atoms with Gasteiger partial charge in [-0.05, 0) is 39.4 Å². The van der Waals surface area contributed by atoms with Gasteiger partial charge in [0.2, 0.25) is 0 Å². The Kier molecular flexibility index (Phi) is 8.64. The third-order valence-corrected chi connectivity index (χ3v) is 4.27. The van der Waals surface area contributed by atoms with E-state index in [-0.39, 0.29) is 0 Å². The lowest BCUT2D eigenvalue weighted by Crippen LogP contribution is -2.40. The molecule has 0 spiro atoms. The van der Waals surface area contributed by atoms with Gasteiger partial charge in [-0.25, -0.2) is 0 Å². The maximum atomic E-state index is 3.59. The summed E-state index contributed by atoms with van der Waals surface area (Å²) in [6, 6.07) is 0.789. The van der Waals surface area contributed by atoms with Crippen LogP contribution in [0.25, 0.3) is 0 Å². The Hall–Kier alpha value is -0.120. The SMILES string of the molecule is CCN(CC)CCNCCN1CCCCCC1C. The van der Waals surface area contributed by atoms with Crippen LogP contribution in [-0.2, 0) is 0 Å². The number of hydrogen-bond donors (Lipinski definition) is 1. The van der Waals surface area contributed by atoms with Crippen LogP contribution < -0.4 is 5.32 Å². The van der Waals surface area contributed by atoms with E-state index >= 15 is 0 Å². The van der Waals surface area contributed by atoms with E-state index in [0.717, 1.165) is 19.1 Å². The van der Waals surface area contributed by atoms with Crippen molar-refractivity contribution in [1.82, 2.24) is 15.1 Å². The molecule has 3 nitrogen and oxygen atoms in total. The summed E-state index contributed by atoms with van der Waals surface area (Å²) >= 11 is 0. The summed E-state index contributed by atoms with van der Waals surface area (Å²) in [4.78, 5) is 5.14. The van der Waals surface area contributed by atoms with Crippen LogP contribution in [0.3, 0.4) is 0 Å². The van der Waals surface area contributed by atoms with E-state index in [1.54, 1.807) is 0 Å². The summed E-state index contributed by atoms with van der Waals surface area (Å²) in [7, 11) is 0. The molecule has 0 saturated carbocycles. The average Bonchev–Trinajstić information content (AvgIpc) is 2.59. The molecule has 1 rings (SSSR count). The number of hydrogen-bond acceptors (Lipinski definition) is 3. The fourth-order valence-electron chi connectivity index (χ4n) is 2.79. The zero-order chi connectivity index (χ0) is 13.2. The first-order valence-corrected chi connectivity index (χ1v) is 7.95. The minimum atomic E-state index is 0.789. The lowest BCUT2D eigenvalue weighted by atomic mass is 10.1. The van der Waals surface area contributed by atoms with Crippen molar-refractivity contribution in [2.45, 2.75) is 52.5 Å². The molecule has 1 N–H and O–H groups in total. The third kappa shape index (κ3) is 6.17. The van der Waals surface area contributed by atoms with Gasteiger partial charge in [-0.3, -0.25) is 4.90 Å². The van der Waals surface area contributed by atoms with Crippen molar-refractivity contribution in [1.29, 1.82) is 0 Å². The van der Waals surface area contributed by atoms with E-state index in [1.165, 1.54) is 58.4 Å². The summed E-state index contributed by atoms with van der Waals surface area (Å²) in [5.41, 5.74) is 0. The molecule has 108 valence electrons. The highest BCUT2D eigenvalue weighted by Crippen LogP contribution is 2.15. The summed E-state index contributed by atoms with van der Waals surface area (Å²) in [5.74, 6) is 0. The second kappa shape index (κ2) is 9.76. The smallest absolute Gasteiger partial charge is 0.0110 e. The largest absolute Gasteiger partial charge is 0.314 e. The Morgan fingerprint density at radius 2 is 1.89 bits per heavy atom. The topological polar surface area (TPSA) is 18.5 Å². The maximum Gasteiger partial charge on any atom is 0.0110 e. The third-order valence-electron chi connectivity index (χ3n) is 4.27. The normalized spacial score (nSPS) is 22.3. The van der Waals surface area contributed by atoms with Crippen molar-refractivity contribution in [3.05, 3.63) is 0 Å². The van der Waals surface area contributed by atoms with Crippen LogP contribution in [-0.4, -0.2) is 61.7 Å². The molecular formula is C15H33N3. The molecule has 0 aromatic rings. The lowest BCUT2D eigenvalue weighted by molar-refractivity contribution is 0.212. The fraction of sp³-hybridized carbons (Fsp3) is 1.00. The predicted octanol–water partition coefficient (Wildman–Crippen LogP) is 2.18. The van der Waals surface area contributed by atoms with Crippen molar-refractivity contribution in [2.75, 3.05) is 45.8 Å². The Bertz CT molecular complexity index is 192. The number of nitrogens with zero attached hydrogens (tertiary/aromatic N) is 2. The number of nitrogens with one attached hydrogen (secondary N) is 1. The molecule has 18 heavy (non-hydrogen) atoms. The second-order valence-corrected chi connectivity index (χ2v) is 5.51. The van der Waals surface area contributed by atoms with Crippen LogP contribution in [0.2, 0.25) is 0 Å². The van der Waals surface area contributed by atoms with Gasteiger partial charge in [0.05, 0.1) is 0 Å². The second-order valence-electron chi connectivity index (χ2n) is 5.51. The van der Waals surface area contributed by atoms with Crippen LogP contribution in [0, 0.1) is 0 Å². The van der Waals surface area contributed by atoms with Gasteiger partial charge in [0.25, 0.3) is 0 Å². The Morgan fingerprint density at radius 3 is 2.61 bits per heavy atom. The first kappa shape index (κ1) is 15.9. The van der Waals surface area contributed by atoms with E-state index in [9.17, 15) is 0 Å². The molecule has 0 radical (unpaired) electrons. The van der Waals surface area contributed by atoms with Crippen LogP contribution in [0.15, 0.2) is 0 Å². The maximum absolute atomic E-state index is 3.59. The summed E-state index contributed by atoms with van der Waals surface area (Å²) in [5, 5.41) is 3.59. The lowest BCUT2D eigenvalue weighted by Gasteiger charge is -2.27.